The zero-order chi connectivity index (χ0) is 11.4. The minimum atomic E-state index is -1.19. The van der Waals surface area contributed by atoms with Gasteiger partial charge in [0.15, 0.2) is 0 Å². The first-order valence-corrected chi connectivity index (χ1v) is 4.34. The molecule has 15 heavy (non-hydrogen) atoms. The van der Waals surface area contributed by atoms with Gasteiger partial charge in [0, 0.05) is 0 Å². The van der Waals surface area contributed by atoms with E-state index in [2.05, 4.69) is 6.58 Å². The molecule has 2 N–H and O–H groups in total. The molecule has 0 spiro atoms. The Hall–Kier alpha value is -1.97. The van der Waals surface area contributed by atoms with E-state index in [1.165, 1.54) is 18.2 Å². The monoisotopic (exact) mass is 208 g/mol. The third kappa shape index (κ3) is 3.02. The number of aromatic hydroxyl groups is 1. The molecule has 0 saturated heterocycles. The Labute approximate surface area is 87.4 Å². The Bertz CT molecular complexity index is 396. The molecular weight excluding hydrogens is 196 g/mol. The lowest BCUT2D eigenvalue weighted by Gasteiger charge is -2.07. The summed E-state index contributed by atoms with van der Waals surface area (Å²) in [7, 11) is 0. The second-order valence-electron chi connectivity index (χ2n) is 3.23. The molecule has 4 nitrogen and oxygen atoms in total. The molecule has 0 unspecified atom stereocenters. The molecule has 1 aromatic rings. The lowest BCUT2D eigenvalue weighted by atomic mass is 10.2. The van der Waals surface area contributed by atoms with E-state index in [1.54, 1.807) is 6.92 Å². The molecule has 0 aliphatic rings. The van der Waals surface area contributed by atoms with Gasteiger partial charge in [0.25, 0.3) is 0 Å². The van der Waals surface area contributed by atoms with Crippen molar-refractivity contribution in [3.63, 3.8) is 0 Å². The third-order valence-electron chi connectivity index (χ3n) is 1.68. The predicted octanol–water partition coefficient (Wildman–Crippen LogP) is 2.05. The van der Waals surface area contributed by atoms with Gasteiger partial charge in [-0.05, 0) is 30.7 Å². The summed E-state index contributed by atoms with van der Waals surface area (Å²) in [4.78, 5) is 10.7. The van der Waals surface area contributed by atoms with Crippen molar-refractivity contribution >= 4 is 5.97 Å². The summed E-state index contributed by atoms with van der Waals surface area (Å²) in [6.07, 6.45) is 0. The Morgan fingerprint density at radius 2 is 2.20 bits per heavy atom. The van der Waals surface area contributed by atoms with Gasteiger partial charge < -0.3 is 14.9 Å². The summed E-state index contributed by atoms with van der Waals surface area (Å²) in [6, 6.07) is 4.07. The van der Waals surface area contributed by atoms with Crippen molar-refractivity contribution in [2.24, 2.45) is 0 Å². The van der Waals surface area contributed by atoms with Crippen molar-refractivity contribution in [2.45, 2.75) is 6.92 Å². The van der Waals surface area contributed by atoms with Crippen LogP contribution in [0.15, 0.2) is 30.4 Å². The standard InChI is InChI=1S/C11H12O4/c1-7(2)6-15-8-3-4-10(12)9(5-8)11(13)14/h3-5,12H,1,6H2,2H3,(H,13,14). The smallest absolute Gasteiger partial charge is 0.339 e. The van der Waals surface area contributed by atoms with Gasteiger partial charge >= 0.3 is 5.97 Å². The summed E-state index contributed by atoms with van der Waals surface area (Å²) >= 11 is 0. The number of carboxylic acids is 1. The van der Waals surface area contributed by atoms with Crippen LogP contribution in [0.25, 0.3) is 0 Å². The first-order chi connectivity index (χ1) is 7.00. The van der Waals surface area contributed by atoms with Gasteiger partial charge in [0.05, 0.1) is 0 Å². The lowest BCUT2D eigenvalue weighted by molar-refractivity contribution is 0.0693. The van der Waals surface area contributed by atoms with E-state index in [4.69, 9.17) is 9.84 Å². The Kier molecular flexibility index (Phi) is 3.33. The van der Waals surface area contributed by atoms with E-state index in [1.807, 2.05) is 0 Å². The molecule has 4 heteroatoms. The quantitative estimate of drug-likeness (QED) is 0.743. The molecule has 0 saturated carbocycles. The molecule has 0 heterocycles. The third-order valence-corrected chi connectivity index (χ3v) is 1.68. The van der Waals surface area contributed by atoms with Gasteiger partial charge in [0.1, 0.15) is 23.7 Å². The number of rotatable bonds is 4. The zero-order valence-electron chi connectivity index (χ0n) is 8.36. The maximum absolute atomic E-state index is 10.7. The normalized spacial score (nSPS) is 9.67. The Morgan fingerprint density at radius 1 is 1.53 bits per heavy atom. The Balaban J connectivity index is 2.87. The molecule has 1 rings (SSSR count). The highest BCUT2D eigenvalue weighted by molar-refractivity contribution is 5.91. The average molecular weight is 208 g/mol. The van der Waals surface area contributed by atoms with Gasteiger partial charge in [-0.25, -0.2) is 4.79 Å². The van der Waals surface area contributed by atoms with Crippen molar-refractivity contribution < 1.29 is 19.7 Å². The van der Waals surface area contributed by atoms with E-state index >= 15 is 0 Å². The summed E-state index contributed by atoms with van der Waals surface area (Å²) in [5.41, 5.74) is 0.661. The number of phenols is 1. The second kappa shape index (κ2) is 4.50. The zero-order valence-corrected chi connectivity index (χ0v) is 8.36. The van der Waals surface area contributed by atoms with Crippen molar-refractivity contribution in [1.29, 1.82) is 0 Å². The van der Waals surface area contributed by atoms with Crippen molar-refractivity contribution in [3.05, 3.63) is 35.9 Å². The number of hydrogen-bond acceptors (Lipinski definition) is 3. The molecule has 0 radical (unpaired) electrons. The van der Waals surface area contributed by atoms with Crippen molar-refractivity contribution in [3.8, 4) is 11.5 Å². The first kappa shape index (κ1) is 11.1. The number of carbonyl (C=O) groups is 1. The highest BCUT2D eigenvalue weighted by atomic mass is 16.5. The molecular formula is C11H12O4. The molecule has 80 valence electrons. The van der Waals surface area contributed by atoms with Crippen LogP contribution in [0.2, 0.25) is 0 Å². The second-order valence-corrected chi connectivity index (χ2v) is 3.23. The average Bonchev–Trinajstić information content (AvgIpc) is 2.16. The van der Waals surface area contributed by atoms with Crippen LogP contribution in [0.5, 0.6) is 11.5 Å². The Morgan fingerprint density at radius 3 is 2.73 bits per heavy atom. The van der Waals surface area contributed by atoms with Crippen LogP contribution in [0.1, 0.15) is 17.3 Å². The van der Waals surface area contributed by atoms with Crippen molar-refractivity contribution in [2.75, 3.05) is 6.61 Å². The van der Waals surface area contributed by atoms with E-state index < -0.39 is 5.97 Å². The largest absolute Gasteiger partial charge is 0.507 e. The number of hydrogen-bond donors (Lipinski definition) is 2. The number of carboxylic acid groups (broad SMARTS) is 1. The van der Waals surface area contributed by atoms with E-state index in [-0.39, 0.29) is 11.3 Å². The van der Waals surface area contributed by atoms with Crippen LogP contribution in [-0.2, 0) is 0 Å². The molecule has 0 aliphatic carbocycles. The molecule has 0 fully saturated rings. The first-order valence-electron chi connectivity index (χ1n) is 4.34. The minimum absolute atomic E-state index is 0.172. The van der Waals surface area contributed by atoms with Crippen LogP contribution in [-0.4, -0.2) is 22.8 Å². The molecule has 0 amide bonds. The number of ether oxygens (including phenoxy) is 1. The number of aromatic carboxylic acids is 1. The summed E-state index contributed by atoms with van der Waals surface area (Å²) < 4.78 is 5.24. The van der Waals surface area contributed by atoms with E-state index in [0.29, 0.717) is 12.4 Å². The van der Waals surface area contributed by atoms with Crippen LogP contribution < -0.4 is 4.74 Å². The minimum Gasteiger partial charge on any atom is -0.507 e. The van der Waals surface area contributed by atoms with Gasteiger partial charge in [-0.15, -0.1) is 0 Å². The fourth-order valence-corrected chi connectivity index (χ4v) is 0.983. The predicted molar refractivity (Wildman–Crippen MR) is 55.4 cm³/mol. The lowest BCUT2D eigenvalue weighted by Crippen LogP contribution is -2.01. The highest BCUT2D eigenvalue weighted by Crippen LogP contribution is 2.23. The van der Waals surface area contributed by atoms with Crippen LogP contribution in [0.4, 0.5) is 0 Å². The molecule has 1 aromatic carbocycles. The number of benzene rings is 1. The summed E-state index contributed by atoms with van der Waals surface area (Å²) in [5, 5.41) is 18.0. The SMILES string of the molecule is C=C(C)COc1ccc(O)c(C(=O)O)c1. The molecule has 0 bridgehead atoms. The van der Waals surface area contributed by atoms with Crippen LogP contribution in [0, 0.1) is 0 Å². The molecule has 0 aliphatic heterocycles. The summed E-state index contributed by atoms with van der Waals surface area (Å²) in [6.45, 7) is 5.78. The van der Waals surface area contributed by atoms with Crippen LogP contribution in [0.3, 0.4) is 0 Å². The van der Waals surface area contributed by atoms with Gasteiger partial charge in [-0.3, -0.25) is 0 Å². The molecule has 0 aromatic heterocycles. The van der Waals surface area contributed by atoms with Gasteiger partial charge in [-0.1, -0.05) is 6.58 Å². The van der Waals surface area contributed by atoms with Crippen LogP contribution >= 0.6 is 0 Å². The molecule has 0 atom stereocenters. The maximum Gasteiger partial charge on any atom is 0.339 e. The fraction of sp³-hybridized carbons (Fsp3) is 0.182. The van der Waals surface area contributed by atoms with Gasteiger partial charge in [-0.2, -0.15) is 0 Å². The summed E-state index contributed by atoms with van der Waals surface area (Å²) in [5.74, 6) is -1.06. The maximum atomic E-state index is 10.7. The van der Waals surface area contributed by atoms with E-state index in [9.17, 15) is 9.90 Å². The fourth-order valence-electron chi connectivity index (χ4n) is 0.983. The van der Waals surface area contributed by atoms with E-state index in [0.717, 1.165) is 5.57 Å². The van der Waals surface area contributed by atoms with Gasteiger partial charge in [0.2, 0.25) is 0 Å². The van der Waals surface area contributed by atoms with Crippen molar-refractivity contribution in [1.82, 2.24) is 0 Å². The topological polar surface area (TPSA) is 66.8 Å². The highest BCUT2D eigenvalue weighted by Gasteiger charge is 2.10.